The smallest absolute Gasteiger partial charge is 0.309 e. The summed E-state index contributed by atoms with van der Waals surface area (Å²) in [5.74, 6) is -0.0778. The predicted molar refractivity (Wildman–Crippen MR) is 162 cm³/mol. The van der Waals surface area contributed by atoms with Gasteiger partial charge in [0, 0.05) is 41.0 Å². The number of terminal acetylenes is 1. The molecule has 0 atom stereocenters. The number of carbonyl (C=O) groups is 3. The Morgan fingerprint density at radius 1 is 1.05 bits per heavy atom. The molecule has 222 valence electrons. The van der Waals surface area contributed by atoms with Crippen LogP contribution in [0.1, 0.15) is 51.6 Å². The van der Waals surface area contributed by atoms with Crippen molar-refractivity contribution in [3.63, 3.8) is 0 Å². The third kappa shape index (κ3) is 7.31. The number of amides is 2. The molecule has 0 aliphatic carbocycles. The van der Waals surface area contributed by atoms with E-state index in [4.69, 9.17) is 32.9 Å². The highest BCUT2D eigenvalue weighted by Crippen LogP contribution is 2.34. The normalized spacial score (nSPS) is 13.0. The number of methoxy groups -OCH3 is 1. The van der Waals surface area contributed by atoms with Gasteiger partial charge in [0.15, 0.2) is 0 Å². The van der Waals surface area contributed by atoms with E-state index < -0.39 is 17.6 Å². The van der Waals surface area contributed by atoms with Crippen LogP contribution in [0.3, 0.4) is 0 Å². The summed E-state index contributed by atoms with van der Waals surface area (Å²) in [6, 6.07) is 13.2. The van der Waals surface area contributed by atoms with E-state index in [1.807, 2.05) is 0 Å². The first-order valence-corrected chi connectivity index (χ1v) is 13.9. The van der Waals surface area contributed by atoms with E-state index in [0.717, 1.165) is 6.07 Å². The van der Waals surface area contributed by atoms with Gasteiger partial charge in [-0.25, -0.2) is 4.39 Å². The highest BCUT2D eigenvalue weighted by atomic mass is 35.5. The molecular weight excluding hydrogens is 575 g/mol. The van der Waals surface area contributed by atoms with Gasteiger partial charge in [-0.05, 0) is 62.2 Å². The molecule has 3 N–H and O–H groups in total. The zero-order valence-electron chi connectivity index (χ0n) is 23.6. The number of hydrogen-bond donors (Lipinski definition) is 3. The van der Waals surface area contributed by atoms with Crippen molar-refractivity contribution >= 4 is 46.6 Å². The fourth-order valence-corrected chi connectivity index (χ4v) is 4.92. The molecule has 1 fully saturated rings. The zero-order valence-corrected chi connectivity index (χ0v) is 24.4. The van der Waals surface area contributed by atoms with Crippen LogP contribution in [0.5, 0.6) is 5.75 Å². The van der Waals surface area contributed by atoms with E-state index in [1.165, 1.54) is 31.4 Å². The molecule has 0 radical (unpaired) electrons. The fourth-order valence-electron chi connectivity index (χ4n) is 4.71. The molecule has 11 heteroatoms. The summed E-state index contributed by atoms with van der Waals surface area (Å²) in [5, 5.41) is 14.0. The number of nitrogens with zero attached hydrogens (tertiary/aromatic N) is 1. The van der Waals surface area contributed by atoms with Crippen LogP contribution in [0.2, 0.25) is 5.02 Å². The molecule has 0 saturated carbocycles. The van der Waals surface area contributed by atoms with Crippen LogP contribution in [-0.4, -0.2) is 55.3 Å². The Morgan fingerprint density at radius 2 is 1.72 bits per heavy atom. The van der Waals surface area contributed by atoms with E-state index in [9.17, 15) is 14.4 Å². The largest absolute Gasteiger partial charge is 0.494 e. The van der Waals surface area contributed by atoms with Gasteiger partial charge in [0.25, 0.3) is 11.8 Å². The lowest BCUT2D eigenvalue weighted by Gasteiger charge is -2.32. The molecule has 0 bridgehead atoms. The van der Waals surface area contributed by atoms with E-state index in [2.05, 4.69) is 16.6 Å². The number of likely N-dealkylation sites (tertiary alicyclic amines) is 1. The summed E-state index contributed by atoms with van der Waals surface area (Å²) < 4.78 is 25.7. The van der Waals surface area contributed by atoms with Crippen LogP contribution in [0.4, 0.5) is 15.8 Å². The molecule has 1 heterocycles. The van der Waals surface area contributed by atoms with Crippen molar-refractivity contribution in [3.8, 4) is 18.1 Å². The van der Waals surface area contributed by atoms with Crippen molar-refractivity contribution in [1.82, 2.24) is 4.90 Å². The van der Waals surface area contributed by atoms with Crippen molar-refractivity contribution in [1.29, 1.82) is 5.41 Å². The lowest BCUT2D eigenvalue weighted by atomic mass is 9.96. The van der Waals surface area contributed by atoms with Gasteiger partial charge in [-0.2, -0.15) is 0 Å². The van der Waals surface area contributed by atoms with E-state index in [-0.39, 0.29) is 50.9 Å². The standard InChI is InChI=1S/C32H30ClFN4O5/c1-4-19-6-9-23(10-7-19)36-31(40)25-17-22(33)18-27(42-3)28(25)37-30(39)24-11-8-21(16-26(24)34)29(35)38-14-12-20(13-15-38)32(41)43-5-2/h1,6-11,16-18,20,35H,5,12-15H2,2-3H3,(H,36,40)(H,37,39). The second kappa shape index (κ2) is 13.9. The van der Waals surface area contributed by atoms with Crippen molar-refractivity contribution in [2.24, 2.45) is 5.92 Å². The molecular formula is C32H30ClFN4O5. The molecule has 4 rings (SSSR count). The summed E-state index contributed by atoms with van der Waals surface area (Å²) in [6.07, 6.45) is 6.44. The molecule has 43 heavy (non-hydrogen) atoms. The number of carbonyl (C=O) groups excluding carboxylic acids is 3. The van der Waals surface area contributed by atoms with Crippen LogP contribution in [-0.2, 0) is 9.53 Å². The zero-order chi connectivity index (χ0) is 31.1. The van der Waals surface area contributed by atoms with E-state index >= 15 is 4.39 Å². The van der Waals surface area contributed by atoms with Gasteiger partial charge in [-0.15, -0.1) is 6.42 Å². The molecule has 0 spiro atoms. The highest BCUT2D eigenvalue weighted by Gasteiger charge is 2.28. The third-order valence-corrected chi connectivity index (χ3v) is 7.22. The molecule has 3 aromatic carbocycles. The molecule has 9 nitrogen and oxygen atoms in total. The van der Waals surface area contributed by atoms with Gasteiger partial charge in [0.2, 0.25) is 0 Å². The number of piperidine rings is 1. The minimum atomic E-state index is -0.853. The predicted octanol–water partition coefficient (Wildman–Crippen LogP) is 5.57. The van der Waals surface area contributed by atoms with E-state index in [1.54, 1.807) is 36.1 Å². The number of benzene rings is 3. The molecule has 0 unspecified atom stereocenters. The van der Waals surface area contributed by atoms with Crippen LogP contribution >= 0.6 is 11.6 Å². The second-order valence-electron chi connectivity index (χ2n) is 9.72. The van der Waals surface area contributed by atoms with Crippen LogP contribution in [0.15, 0.2) is 54.6 Å². The molecule has 1 saturated heterocycles. The Balaban J connectivity index is 1.51. The minimum absolute atomic E-state index is 0.00432. The Bertz CT molecular complexity index is 1590. The first kappa shape index (κ1) is 31.1. The van der Waals surface area contributed by atoms with Crippen molar-refractivity contribution < 1.29 is 28.2 Å². The summed E-state index contributed by atoms with van der Waals surface area (Å²) in [6.45, 7) is 2.96. The molecule has 2 amide bonds. The minimum Gasteiger partial charge on any atom is -0.494 e. The lowest BCUT2D eigenvalue weighted by Crippen LogP contribution is -2.40. The number of anilines is 2. The second-order valence-corrected chi connectivity index (χ2v) is 10.2. The van der Waals surface area contributed by atoms with Crippen LogP contribution in [0.25, 0.3) is 0 Å². The van der Waals surface area contributed by atoms with Gasteiger partial charge in [-0.1, -0.05) is 23.6 Å². The first-order valence-electron chi connectivity index (χ1n) is 13.5. The average molecular weight is 605 g/mol. The van der Waals surface area contributed by atoms with Crippen molar-refractivity contribution in [2.45, 2.75) is 19.8 Å². The topological polar surface area (TPSA) is 121 Å². The highest BCUT2D eigenvalue weighted by molar-refractivity contribution is 6.31. The summed E-state index contributed by atoms with van der Waals surface area (Å²) in [7, 11) is 1.35. The van der Waals surface area contributed by atoms with Gasteiger partial charge in [0.05, 0.1) is 36.4 Å². The van der Waals surface area contributed by atoms with E-state index in [0.29, 0.717) is 43.8 Å². The Labute approximate surface area is 253 Å². The number of halogens is 2. The average Bonchev–Trinajstić information content (AvgIpc) is 3.01. The quantitative estimate of drug-likeness (QED) is 0.134. The Morgan fingerprint density at radius 3 is 2.33 bits per heavy atom. The summed E-state index contributed by atoms with van der Waals surface area (Å²) >= 11 is 6.21. The lowest BCUT2D eigenvalue weighted by molar-refractivity contribution is -0.149. The molecule has 0 aromatic heterocycles. The number of rotatable bonds is 8. The van der Waals surface area contributed by atoms with Crippen LogP contribution in [0, 0.1) is 29.5 Å². The van der Waals surface area contributed by atoms with Crippen LogP contribution < -0.4 is 15.4 Å². The van der Waals surface area contributed by atoms with Crippen molar-refractivity contribution in [2.75, 3.05) is 37.4 Å². The number of esters is 1. The maximum absolute atomic E-state index is 15.3. The molecule has 1 aliphatic rings. The number of hydrogen-bond acceptors (Lipinski definition) is 6. The SMILES string of the molecule is C#Cc1ccc(NC(=O)c2cc(Cl)cc(OC)c2NC(=O)c2ccc(C(=N)N3CCC(C(=O)OCC)CC3)cc2F)cc1. The first-order chi connectivity index (χ1) is 20.6. The maximum Gasteiger partial charge on any atom is 0.309 e. The fraction of sp³-hybridized carbons (Fsp3) is 0.250. The Hall–Kier alpha value is -4.88. The maximum atomic E-state index is 15.3. The Kier molecular flexibility index (Phi) is 10.0. The van der Waals surface area contributed by atoms with Gasteiger partial charge < -0.3 is 25.0 Å². The molecule has 1 aliphatic heterocycles. The number of amidine groups is 1. The summed E-state index contributed by atoms with van der Waals surface area (Å²) in [4.78, 5) is 40.2. The van der Waals surface area contributed by atoms with Gasteiger partial charge in [0.1, 0.15) is 17.4 Å². The summed E-state index contributed by atoms with van der Waals surface area (Å²) in [5.41, 5.74) is 1.06. The number of ether oxygens (including phenoxy) is 2. The van der Waals surface area contributed by atoms with Gasteiger partial charge in [-0.3, -0.25) is 19.8 Å². The molecule has 3 aromatic rings. The van der Waals surface area contributed by atoms with Gasteiger partial charge >= 0.3 is 5.97 Å². The van der Waals surface area contributed by atoms with Crippen molar-refractivity contribution in [3.05, 3.63) is 87.7 Å². The number of nitrogens with one attached hydrogen (secondary N) is 3. The third-order valence-electron chi connectivity index (χ3n) is 7.00. The monoisotopic (exact) mass is 604 g/mol.